The molecule has 0 saturated heterocycles. The van der Waals surface area contributed by atoms with Gasteiger partial charge in [-0.05, 0) is 53.6 Å². The maximum absolute atomic E-state index is 11.9. The number of benzene rings is 3. The molecule has 0 heterocycles. The minimum Gasteiger partial charge on any atom is -0.482 e. The zero-order chi connectivity index (χ0) is 21.9. The lowest BCUT2D eigenvalue weighted by Crippen LogP contribution is -2.24. The number of para-hydroxylation sites is 1. The van der Waals surface area contributed by atoms with E-state index in [1.807, 2.05) is 30.3 Å². The minimum atomic E-state index is -0.476. The quantitative estimate of drug-likeness (QED) is 0.186. The van der Waals surface area contributed by atoms with E-state index in [9.17, 15) is 9.59 Å². The Morgan fingerprint density at radius 2 is 1.61 bits per heavy atom. The molecular weight excluding hydrogens is 416 g/mol. The lowest BCUT2D eigenvalue weighted by molar-refractivity contribution is -0.129. The molecule has 0 aliphatic rings. The Labute approximate surface area is 184 Å². The number of rotatable bonds is 8. The highest BCUT2D eigenvalue weighted by Gasteiger charge is 2.04. The molecular formula is C24H19ClN2O4. The molecule has 0 aliphatic carbocycles. The molecule has 3 rings (SSSR count). The van der Waals surface area contributed by atoms with Gasteiger partial charge in [-0.3, -0.25) is 4.79 Å². The Balaban J connectivity index is 1.43. The van der Waals surface area contributed by atoms with Gasteiger partial charge >= 0.3 is 5.97 Å². The van der Waals surface area contributed by atoms with Crippen LogP contribution in [0.3, 0.4) is 0 Å². The number of amides is 1. The third-order valence-electron chi connectivity index (χ3n) is 3.91. The molecule has 3 aromatic rings. The predicted molar refractivity (Wildman–Crippen MR) is 120 cm³/mol. The molecule has 6 nitrogen and oxygen atoms in total. The zero-order valence-corrected chi connectivity index (χ0v) is 17.2. The lowest BCUT2D eigenvalue weighted by atomic mass is 10.2. The zero-order valence-electron chi connectivity index (χ0n) is 16.4. The fourth-order valence-corrected chi connectivity index (χ4v) is 2.61. The summed E-state index contributed by atoms with van der Waals surface area (Å²) in [5.74, 6) is -0.0768. The molecule has 0 unspecified atom stereocenters. The Bertz CT molecular complexity index is 1080. The van der Waals surface area contributed by atoms with E-state index in [2.05, 4.69) is 10.5 Å². The average Bonchev–Trinajstić information content (AvgIpc) is 2.79. The first-order valence-electron chi connectivity index (χ1n) is 9.34. The Kier molecular flexibility index (Phi) is 7.97. The van der Waals surface area contributed by atoms with Gasteiger partial charge in [0.15, 0.2) is 6.61 Å². The number of nitrogens with zero attached hydrogens (tertiary/aromatic N) is 1. The first kappa shape index (κ1) is 21.8. The fraction of sp³-hybridized carbons (Fsp3) is 0.0417. The van der Waals surface area contributed by atoms with Crippen molar-refractivity contribution < 1.29 is 19.1 Å². The molecule has 0 spiro atoms. The fourth-order valence-electron chi connectivity index (χ4n) is 2.42. The number of halogens is 1. The highest BCUT2D eigenvalue weighted by Crippen LogP contribution is 2.22. The number of carbonyl (C=O) groups is 2. The summed E-state index contributed by atoms with van der Waals surface area (Å²) in [7, 11) is 0. The van der Waals surface area contributed by atoms with Gasteiger partial charge in [-0.2, -0.15) is 5.10 Å². The Morgan fingerprint density at radius 1 is 0.903 bits per heavy atom. The molecule has 0 radical (unpaired) electrons. The van der Waals surface area contributed by atoms with Gasteiger partial charge < -0.3 is 9.47 Å². The van der Waals surface area contributed by atoms with Crippen molar-refractivity contribution in [2.24, 2.45) is 5.10 Å². The Morgan fingerprint density at radius 3 is 2.35 bits per heavy atom. The van der Waals surface area contributed by atoms with Crippen LogP contribution in [0.15, 0.2) is 90.0 Å². The number of nitrogens with one attached hydrogen (secondary N) is 1. The van der Waals surface area contributed by atoms with Crippen LogP contribution in [0.2, 0.25) is 5.02 Å². The maximum Gasteiger partial charge on any atom is 0.336 e. The number of hydrogen-bond donors (Lipinski definition) is 1. The largest absolute Gasteiger partial charge is 0.482 e. The van der Waals surface area contributed by atoms with E-state index in [0.717, 1.165) is 5.56 Å². The number of ether oxygens (including phenoxy) is 2. The number of hydrazone groups is 1. The second kappa shape index (κ2) is 11.3. The van der Waals surface area contributed by atoms with Crippen LogP contribution >= 0.6 is 11.6 Å². The molecule has 31 heavy (non-hydrogen) atoms. The third-order valence-corrected chi connectivity index (χ3v) is 4.22. The van der Waals surface area contributed by atoms with Gasteiger partial charge in [-0.25, -0.2) is 10.2 Å². The summed E-state index contributed by atoms with van der Waals surface area (Å²) in [5, 5.41) is 4.30. The molecule has 0 atom stereocenters. The summed E-state index contributed by atoms with van der Waals surface area (Å²) in [5.41, 5.74) is 3.99. The van der Waals surface area contributed by atoms with E-state index in [1.165, 1.54) is 12.3 Å². The molecule has 0 fully saturated rings. The lowest BCUT2D eigenvalue weighted by Gasteiger charge is -2.06. The first-order valence-corrected chi connectivity index (χ1v) is 9.72. The van der Waals surface area contributed by atoms with E-state index in [0.29, 0.717) is 22.1 Å². The summed E-state index contributed by atoms with van der Waals surface area (Å²) in [6.45, 7) is -0.216. The van der Waals surface area contributed by atoms with Crippen LogP contribution in [-0.2, 0) is 9.59 Å². The van der Waals surface area contributed by atoms with Crippen molar-refractivity contribution >= 4 is 35.8 Å². The van der Waals surface area contributed by atoms with Gasteiger partial charge in [0.1, 0.15) is 11.5 Å². The normalized spacial score (nSPS) is 10.9. The molecule has 3 aromatic carbocycles. The average molecular weight is 435 g/mol. The third kappa shape index (κ3) is 7.45. The van der Waals surface area contributed by atoms with Crippen molar-refractivity contribution in [3.63, 3.8) is 0 Å². The van der Waals surface area contributed by atoms with Crippen LogP contribution in [0.5, 0.6) is 11.5 Å². The van der Waals surface area contributed by atoms with Gasteiger partial charge in [-0.1, -0.05) is 54.1 Å². The van der Waals surface area contributed by atoms with Gasteiger partial charge in [-0.15, -0.1) is 0 Å². The summed E-state index contributed by atoms with van der Waals surface area (Å²) >= 11 is 5.96. The molecule has 0 aliphatic heterocycles. The number of hydrogen-bond acceptors (Lipinski definition) is 5. The summed E-state index contributed by atoms with van der Waals surface area (Å²) in [6.07, 6.45) is 4.51. The molecule has 0 bridgehead atoms. The molecule has 0 aromatic heterocycles. The van der Waals surface area contributed by atoms with E-state index in [4.69, 9.17) is 21.1 Å². The molecule has 1 N–H and O–H groups in total. The summed E-state index contributed by atoms with van der Waals surface area (Å²) < 4.78 is 10.6. The number of carbonyl (C=O) groups excluding carboxylic acids is 2. The van der Waals surface area contributed by atoms with E-state index in [1.54, 1.807) is 54.6 Å². The summed E-state index contributed by atoms with van der Waals surface area (Å²) in [4.78, 5) is 23.7. The highest BCUT2D eigenvalue weighted by molar-refractivity contribution is 6.32. The van der Waals surface area contributed by atoms with Crippen LogP contribution in [0.4, 0.5) is 0 Å². The van der Waals surface area contributed by atoms with Gasteiger partial charge in [0.05, 0.1) is 11.2 Å². The topological polar surface area (TPSA) is 77.0 Å². The van der Waals surface area contributed by atoms with E-state index < -0.39 is 11.9 Å². The standard InChI is InChI=1S/C24H19ClN2O4/c25-21-8-4-5-9-22(21)30-17-23(28)27-26-16-19-10-13-20(14-11-19)31-24(29)15-12-18-6-2-1-3-7-18/h1-16H,17H2,(H,27,28)/b15-12+,26-16-. The van der Waals surface area contributed by atoms with Crippen molar-refractivity contribution in [2.45, 2.75) is 0 Å². The highest BCUT2D eigenvalue weighted by atomic mass is 35.5. The SMILES string of the molecule is O=C(COc1ccccc1Cl)N/N=C\c1ccc(OC(=O)/C=C/c2ccccc2)cc1. The van der Waals surface area contributed by atoms with Crippen molar-refractivity contribution in [3.8, 4) is 11.5 Å². The predicted octanol–water partition coefficient (Wildman–Crippen LogP) is 4.49. The monoisotopic (exact) mass is 434 g/mol. The Hall–Kier alpha value is -3.90. The van der Waals surface area contributed by atoms with Crippen LogP contribution in [0.1, 0.15) is 11.1 Å². The van der Waals surface area contributed by atoms with Gasteiger partial charge in [0, 0.05) is 6.08 Å². The van der Waals surface area contributed by atoms with E-state index in [-0.39, 0.29) is 6.61 Å². The first-order chi connectivity index (χ1) is 15.1. The second-order valence-electron chi connectivity index (χ2n) is 6.25. The van der Waals surface area contributed by atoms with Gasteiger partial charge in [0.2, 0.25) is 0 Å². The minimum absolute atomic E-state index is 0.216. The van der Waals surface area contributed by atoms with Crippen molar-refractivity contribution in [2.75, 3.05) is 6.61 Å². The molecule has 1 amide bonds. The smallest absolute Gasteiger partial charge is 0.336 e. The molecule has 7 heteroatoms. The summed E-state index contributed by atoms with van der Waals surface area (Å²) in [6, 6.07) is 23.0. The van der Waals surface area contributed by atoms with Crippen LogP contribution in [0, 0.1) is 0 Å². The molecule has 156 valence electrons. The molecule has 0 saturated carbocycles. The van der Waals surface area contributed by atoms with Crippen LogP contribution in [-0.4, -0.2) is 24.7 Å². The van der Waals surface area contributed by atoms with Crippen molar-refractivity contribution in [1.29, 1.82) is 0 Å². The van der Waals surface area contributed by atoms with E-state index >= 15 is 0 Å². The second-order valence-corrected chi connectivity index (χ2v) is 6.65. The van der Waals surface area contributed by atoms with Gasteiger partial charge in [0.25, 0.3) is 5.91 Å². The van der Waals surface area contributed by atoms with Crippen LogP contribution < -0.4 is 14.9 Å². The van der Waals surface area contributed by atoms with Crippen LogP contribution in [0.25, 0.3) is 6.08 Å². The number of esters is 1. The van der Waals surface area contributed by atoms with Crippen molar-refractivity contribution in [1.82, 2.24) is 5.43 Å². The van der Waals surface area contributed by atoms with Crippen molar-refractivity contribution in [3.05, 3.63) is 101 Å². The maximum atomic E-state index is 11.9.